The molecule has 0 N–H and O–H groups in total. The fourth-order valence-corrected chi connectivity index (χ4v) is 2.44. The quantitative estimate of drug-likeness (QED) is 0.614. The Morgan fingerprint density at radius 3 is 2.32 bits per heavy atom. The van der Waals surface area contributed by atoms with Crippen LogP contribution in [0.15, 0.2) is 48.5 Å². The van der Waals surface area contributed by atoms with Gasteiger partial charge < -0.3 is 0 Å². The molecule has 1 unspecified atom stereocenters. The molecule has 0 fully saturated rings. The van der Waals surface area contributed by atoms with Crippen molar-refractivity contribution in [2.24, 2.45) is 0 Å². The van der Waals surface area contributed by atoms with Gasteiger partial charge in [-0.05, 0) is 48.1 Å². The zero-order valence-corrected chi connectivity index (χ0v) is 12.2. The van der Waals surface area contributed by atoms with Crippen molar-refractivity contribution in [1.29, 1.82) is 0 Å². The summed E-state index contributed by atoms with van der Waals surface area (Å²) in [4.78, 5) is 0. The van der Waals surface area contributed by atoms with E-state index in [1.807, 2.05) is 13.3 Å². The topological polar surface area (TPSA) is 0 Å². The molecule has 2 rings (SSSR count). The van der Waals surface area contributed by atoms with Crippen LogP contribution in [-0.4, -0.2) is 0 Å². The molecule has 0 amide bonds. The van der Waals surface area contributed by atoms with Gasteiger partial charge >= 0.3 is 6.18 Å². The van der Waals surface area contributed by atoms with Crippen LogP contribution in [0, 0.1) is 12.2 Å². The van der Waals surface area contributed by atoms with Crippen molar-refractivity contribution >= 4 is 0 Å². The molecule has 22 heavy (non-hydrogen) atoms. The van der Waals surface area contributed by atoms with Crippen molar-refractivity contribution in [2.45, 2.75) is 31.9 Å². The van der Waals surface area contributed by atoms with Crippen molar-refractivity contribution in [2.75, 3.05) is 0 Å². The van der Waals surface area contributed by atoms with E-state index in [2.05, 4.69) is 0 Å². The predicted octanol–water partition coefficient (Wildman–Crippen LogP) is 5.79. The van der Waals surface area contributed by atoms with Crippen molar-refractivity contribution < 1.29 is 17.6 Å². The first-order valence-electron chi connectivity index (χ1n) is 7.15. The van der Waals surface area contributed by atoms with Gasteiger partial charge in [0, 0.05) is 0 Å². The Kier molecular flexibility index (Phi) is 5.22. The van der Waals surface area contributed by atoms with Crippen LogP contribution >= 0.6 is 0 Å². The van der Waals surface area contributed by atoms with Crippen LogP contribution < -0.4 is 0 Å². The summed E-state index contributed by atoms with van der Waals surface area (Å²) in [7, 11) is 0. The van der Waals surface area contributed by atoms with Gasteiger partial charge in [0.05, 0.1) is 5.56 Å². The molecule has 0 aliphatic rings. The average Bonchev–Trinajstić information content (AvgIpc) is 2.48. The minimum Gasteiger partial charge on any atom is -0.207 e. The number of rotatable bonds is 5. The van der Waals surface area contributed by atoms with Crippen LogP contribution in [0.3, 0.4) is 0 Å². The molecule has 0 spiro atoms. The normalized spacial score (nSPS) is 13.1. The molecule has 2 aromatic rings. The average molecular weight is 309 g/mol. The SMILES string of the molecule is CC[CH]C(Cc1ccc(F)cc1)c1cccc(C(F)(F)F)c1. The fourth-order valence-electron chi connectivity index (χ4n) is 2.44. The van der Waals surface area contributed by atoms with E-state index in [0.29, 0.717) is 12.0 Å². The Morgan fingerprint density at radius 1 is 1.05 bits per heavy atom. The summed E-state index contributed by atoms with van der Waals surface area (Å²) in [5, 5.41) is 0. The minimum atomic E-state index is -4.34. The van der Waals surface area contributed by atoms with E-state index < -0.39 is 11.7 Å². The monoisotopic (exact) mass is 309 g/mol. The maximum absolute atomic E-state index is 12.9. The van der Waals surface area contributed by atoms with Gasteiger partial charge in [-0.3, -0.25) is 0 Å². The van der Waals surface area contributed by atoms with Gasteiger partial charge in [-0.15, -0.1) is 0 Å². The molecule has 1 atom stereocenters. The second-order valence-electron chi connectivity index (χ2n) is 5.20. The molecule has 0 aliphatic carbocycles. The number of benzene rings is 2. The summed E-state index contributed by atoms with van der Waals surface area (Å²) in [5.74, 6) is -0.448. The van der Waals surface area contributed by atoms with Crippen molar-refractivity contribution in [3.05, 3.63) is 77.5 Å². The molecular formula is C18H17F4. The minimum absolute atomic E-state index is 0.127. The Hall–Kier alpha value is -1.84. The molecule has 4 heteroatoms. The highest BCUT2D eigenvalue weighted by Crippen LogP contribution is 2.33. The highest BCUT2D eigenvalue weighted by atomic mass is 19.4. The highest BCUT2D eigenvalue weighted by molar-refractivity contribution is 5.32. The lowest BCUT2D eigenvalue weighted by Gasteiger charge is -2.18. The molecule has 0 nitrogen and oxygen atoms in total. The fraction of sp³-hybridized carbons (Fsp3) is 0.278. The number of halogens is 4. The smallest absolute Gasteiger partial charge is 0.207 e. The maximum atomic E-state index is 12.9. The van der Waals surface area contributed by atoms with E-state index in [1.165, 1.54) is 24.3 Å². The Morgan fingerprint density at radius 2 is 1.73 bits per heavy atom. The van der Waals surface area contributed by atoms with E-state index >= 15 is 0 Å². The summed E-state index contributed by atoms with van der Waals surface area (Å²) in [6.07, 6.45) is -1.06. The lowest BCUT2D eigenvalue weighted by Crippen LogP contribution is -2.08. The number of hydrogen-bond donors (Lipinski definition) is 0. The van der Waals surface area contributed by atoms with Crippen LogP contribution in [0.5, 0.6) is 0 Å². The molecule has 2 aromatic carbocycles. The first kappa shape index (κ1) is 16.5. The van der Waals surface area contributed by atoms with Gasteiger partial charge in [-0.25, -0.2) is 4.39 Å². The third kappa shape index (κ3) is 4.33. The Labute approximate surface area is 127 Å². The molecular weight excluding hydrogens is 292 g/mol. The number of hydrogen-bond acceptors (Lipinski definition) is 0. The molecule has 0 heterocycles. The van der Waals surface area contributed by atoms with Gasteiger partial charge in [0.2, 0.25) is 0 Å². The molecule has 0 saturated carbocycles. The molecule has 117 valence electrons. The zero-order valence-electron chi connectivity index (χ0n) is 12.2. The van der Waals surface area contributed by atoms with Crippen LogP contribution in [0.4, 0.5) is 17.6 Å². The summed E-state index contributed by atoms with van der Waals surface area (Å²) >= 11 is 0. The van der Waals surface area contributed by atoms with Crippen LogP contribution in [0.25, 0.3) is 0 Å². The van der Waals surface area contributed by atoms with Crippen molar-refractivity contribution in [1.82, 2.24) is 0 Å². The van der Waals surface area contributed by atoms with Crippen LogP contribution in [0.1, 0.15) is 36.0 Å². The Bertz CT molecular complexity index is 599. The molecule has 1 radical (unpaired) electrons. The largest absolute Gasteiger partial charge is 0.416 e. The summed E-state index contributed by atoms with van der Waals surface area (Å²) in [5.41, 5.74) is 0.883. The van der Waals surface area contributed by atoms with Gasteiger partial charge in [0.1, 0.15) is 5.82 Å². The van der Waals surface area contributed by atoms with E-state index in [1.54, 1.807) is 18.2 Å². The second-order valence-corrected chi connectivity index (χ2v) is 5.20. The van der Waals surface area contributed by atoms with Crippen molar-refractivity contribution in [3.8, 4) is 0 Å². The van der Waals surface area contributed by atoms with Crippen LogP contribution in [-0.2, 0) is 12.6 Å². The standard InChI is InChI=1S/C18H17F4/c1-2-4-14(11-13-7-9-17(19)10-8-13)15-5-3-6-16(12-15)18(20,21)22/h3-10,12,14H,2,11H2,1H3. The molecule has 0 saturated heterocycles. The van der Waals surface area contributed by atoms with E-state index in [4.69, 9.17) is 0 Å². The van der Waals surface area contributed by atoms with E-state index in [9.17, 15) is 17.6 Å². The predicted molar refractivity (Wildman–Crippen MR) is 78.9 cm³/mol. The van der Waals surface area contributed by atoms with E-state index in [0.717, 1.165) is 18.1 Å². The third-order valence-corrected chi connectivity index (χ3v) is 3.53. The number of alkyl halides is 3. The van der Waals surface area contributed by atoms with Gasteiger partial charge in [0.25, 0.3) is 0 Å². The maximum Gasteiger partial charge on any atom is 0.416 e. The lowest BCUT2D eigenvalue weighted by atomic mass is 9.87. The third-order valence-electron chi connectivity index (χ3n) is 3.53. The van der Waals surface area contributed by atoms with Crippen molar-refractivity contribution in [3.63, 3.8) is 0 Å². The zero-order chi connectivity index (χ0) is 16.2. The van der Waals surface area contributed by atoms with Gasteiger partial charge in [0.15, 0.2) is 0 Å². The Balaban J connectivity index is 2.25. The molecule has 0 aliphatic heterocycles. The summed E-state index contributed by atoms with van der Waals surface area (Å²) in [6.45, 7) is 1.95. The first-order chi connectivity index (χ1) is 10.4. The summed E-state index contributed by atoms with van der Waals surface area (Å²) < 4.78 is 51.5. The first-order valence-corrected chi connectivity index (χ1v) is 7.15. The van der Waals surface area contributed by atoms with E-state index in [-0.39, 0.29) is 11.7 Å². The molecule has 0 bridgehead atoms. The van der Waals surface area contributed by atoms with Gasteiger partial charge in [-0.1, -0.05) is 43.7 Å². The van der Waals surface area contributed by atoms with Crippen LogP contribution in [0.2, 0.25) is 0 Å². The highest BCUT2D eigenvalue weighted by Gasteiger charge is 2.30. The lowest BCUT2D eigenvalue weighted by molar-refractivity contribution is -0.137. The summed E-state index contributed by atoms with van der Waals surface area (Å²) in [6, 6.07) is 11.5. The molecule has 0 aromatic heterocycles. The second kappa shape index (κ2) is 6.95. The van der Waals surface area contributed by atoms with Gasteiger partial charge in [-0.2, -0.15) is 13.2 Å².